The summed E-state index contributed by atoms with van der Waals surface area (Å²) < 4.78 is 43.0. The molecule has 0 aliphatic heterocycles. The van der Waals surface area contributed by atoms with Gasteiger partial charge in [-0.15, -0.1) is 0 Å². The Labute approximate surface area is 106 Å². The van der Waals surface area contributed by atoms with Crippen molar-refractivity contribution in [3.63, 3.8) is 0 Å². The van der Waals surface area contributed by atoms with Crippen molar-refractivity contribution in [2.24, 2.45) is 0 Å². The molecule has 0 unspecified atom stereocenters. The number of aromatic nitrogens is 3. The van der Waals surface area contributed by atoms with Crippen molar-refractivity contribution >= 4 is 11.5 Å². The first-order valence-electron chi connectivity index (χ1n) is 5.41. The summed E-state index contributed by atoms with van der Waals surface area (Å²) in [6.45, 7) is 4.29. The van der Waals surface area contributed by atoms with E-state index in [9.17, 15) is 13.2 Å². The number of hydrogen-bond donors (Lipinski definition) is 0. The molecule has 0 fully saturated rings. The smallest absolute Gasteiger partial charge is 0.329 e. The number of hydrogen-bond acceptors (Lipinski definition) is 3. The van der Waals surface area contributed by atoms with Gasteiger partial charge in [-0.05, 0) is 17.6 Å². The first-order valence-corrected chi connectivity index (χ1v) is 6.19. The average Bonchev–Trinajstić information content (AvgIpc) is 2.85. The van der Waals surface area contributed by atoms with E-state index < -0.39 is 11.1 Å². The Kier molecular flexibility index (Phi) is 3.43. The molecule has 0 N–H and O–H groups in total. The molecule has 0 atom stereocenters. The van der Waals surface area contributed by atoms with E-state index in [-0.39, 0.29) is 5.92 Å². The van der Waals surface area contributed by atoms with E-state index in [0.29, 0.717) is 23.8 Å². The van der Waals surface area contributed by atoms with Gasteiger partial charge in [-0.2, -0.15) is 17.5 Å². The Morgan fingerprint density at radius 1 is 1.39 bits per heavy atom. The molecule has 0 spiro atoms. The van der Waals surface area contributed by atoms with Crippen LogP contribution in [0.2, 0.25) is 0 Å². The zero-order valence-electron chi connectivity index (χ0n) is 9.90. The van der Waals surface area contributed by atoms with E-state index in [1.165, 1.54) is 0 Å². The molecule has 0 bridgehead atoms. The van der Waals surface area contributed by atoms with E-state index in [2.05, 4.69) is 9.36 Å². The highest BCUT2D eigenvalue weighted by Gasteiger charge is 2.33. The Bertz CT molecular complexity index is 528. The first-order chi connectivity index (χ1) is 8.38. The molecule has 0 radical (unpaired) electrons. The summed E-state index contributed by atoms with van der Waals surface area (Å²) in [7, 11) is 0. The maximum absolute atomic E-state index is 12.4. The third-order valence-electron chi connectivity index (χ3n) is 2.43. The van der Waals surface area contributed by atoms with E-state index in [0.717, 1.165) is 11.9 Å². The van der Waals surface area contributed by atoms with Gasteiger partial charge >= 0.3 is 6.18 Å². The summed E-state index contributed by atoms with van der Waals surface area (Å²) in [6, 6.07) is 1.09. The second-order valence-electron chi connectivity index (χ2n) is 4.25. The first kappa shape index (κ1) is 13.1. The fourth-order valence-electron chi connectivity index (χ4n) is 1.65. The molecule has 18 heavy (non-hydrogen) atoms. The van der Waals surface area contributed by atoms with Crippen molar-refractivity contribution in [1.82, 2.24) is 13.9 Å². The summed E-state index contributed by atoms with van der Waals surface area (Å²) in [5.74, 6) is 1.07. The van der Waals surface area contributed by atoms with E-state index in [4.69, 9.17) is 0 Å². The maximum atomic E-state index is 12.4. The van der Waals surface area contributed by atoms with Crippen LogP contribution in [0, 0.1) is 0 Å². The minimum atomic E-state index is -4.31. The molecule has 0 amide bonds. The van der Waals surface area contributed by atoms with Crippen LogP contribution in [0.5, 0.6) is 0 Å². The van der Waals surface area contributed by atoms with Crippen LogP contribution in [-0.2, 0) is 12.7 Å². The molecule has 2 rings (SSSR count). The lowest BCUT2D eigenvalue weighted by Gasteiger charge is -2.08. The molecule has 0 aliphatic rings. The fraction of sp³-hybridized carbons (Fsp3) is 0.455. The minimum Gasteiger partial charge on any atom is -0.329 e. The Hall–Kier alpha value is -1.37. The molecule has 2 aromatic heterocycles. The lowest BCUT2D eigenvalue weighted by Crippen LogP contribution is -2.06. The molecule has 98 valence electrons. The van der Waals surface area contributed by atoms with E-state index in [1.807, 2.05) is 18.4 Å². The molecule has 0 saturated carbocycles. The molecule has 7 heteroatoms. The summed E-state index contributed by atoms with van der Waals surface area (Å²) >= 11 is 0.484. The Morgan fingerprint density at radius 2 is 2.11 bits per heavy atom. The fourth-order valence-corrected chi connectivity index (χ4v) is 2.27. The molecular formula is C11H12F3N3S. The summed E-state index contributed by atoms with van der Waals surface area (Å²) in [6.07, 6.45) is -0.917. The third-order valence-corrected chi connectivity index (χ3v) is 3.31. The van der Waals surface area contributed by atoms with Crippen LogP contribution in [0.1, 0.15) is 36.2 Å². The molecular weight excluding hydrogens is 263 g/mol. The SMILES string of the molecule is CC(C)c1nccn1Cc1cc(C(F)(F)F)sn1. The third kappa shape index (κ3) is 2.72. The molecule has 0 aliphatic carbocycles. The molecule has 0 saturated heterocycles. The van der Waals surface area contributed by atoms with Crippen LogP contribution < -0.4 is 0 Å². The van der Waals surface area contributed by atoms with Gasteiger partial charge in [0.25, 0.3) is 0 Å². The summed E-state index contributed by atoms with van der Waals surface area (Å²) in [5, 5.41) is 0. The van der Waals surface area contributed by atoms with Gasteiger partial charge in [0.15, 0.2) is 0 Å². The highest BCUT2D eigenvalue weighted by atomic mass is 32.1. The zero-order chi connectivity index (χ0) is 13.3. The minimum absolute atomic E-state index is 0.223. The normalized spacial score (nSPS) is 12.3. The Morgan fingerprint density at radius 3 is 2.67 bits per heavy atom. The highest BCUT2D eigenvalue weighted by Crippen LogP contribution is 2.32. The van der Waals surface area contributed by atoms with Gasteiger partial charge in [-0.3, -0.25) is 0 Å². The number of nitrogens with zero attached hydrogens (tertiary/aromatic N) is 3. The molecule has 2 aromatic rings. The van der Waals surface area contributed by atoms with Crippen LogP contribution in [0.25, 0.3) is 0 Å². The lowest BCUT2D eigenvalue weighted by atomic mass is 10.2. The van der Waals surface area contributed by atoms with Crippen LogP contribution in [-0.4, -0.2) is 13.9 Å². The van der Waals surface area contributed by atoms with Crippen LogP contribution in [0.4, 0.5) is 13.2 Å². The number of alkyl halides is 3. The largest absolute Gasteiger partial charge is 0.427 e. The second-order valence-corrected chi connectivity index (χ2v) is 5.05. The highest BCUT2D eigenvalue weighted by molar-refractivity contribution is 7.05. The lowest BCUT2D eigenvalue weighted by molar-refractivity contribution is -0.134. The number of imidazole rings is 1. The van der Waals surface area contributed by atoms with Crippen molar-refractivity contribution in [2.45, 2.75) is 32.5 Å². The topological polar surface area (TPSA) is 30.7 Å². The van der Waals surface area contributed by atoms with Gasteiger partial charge in [0.2, 0.25) is 0 Å². The Balaban J connectivity index is 2.19. The van der Waals surface area contributed by atoms with E-state index in [1.54, 1.807) is 12.4 Å². The van der Waals surface area contributed by atoms with Crippen molar-refractivity contribution < 1.29 is 13.2 Å². The monoisotopic (exact) mass is 275 g/mol. The van der Waals surface area contributed by atoms with Gasteiger partial charge in [0.1, 0.15) is 10.7 Å². The van der Waals surface area contributed by atoms with Gasteiger partial charge in [0.05, 0.1) is 12.2 Å². The molecule has 2 heterocycles. The van der Waals surface area contributed by atoms with E-state index >= 15 is 0 Å². The van der Waals surface area contributed by atoms with Crippen LogP contribution >= 0.6 is 11.5 Å². The van der Waals surface area contributed by atoms with Gasteiger partial charge in [0, 0.05) is 18.3 Å². The summed E-state index contributed by atoms with van der Waals surface area (Å²) in [4.78, 5) is 3.52. The van der Waals surface area contributed by atoms with Gasteiger partial charge in [-0.1, -0.05) is 13.8 Å². The van der Waals surface area contributed by atoms with Gasteiger partial charge < -0.3 is 4.57 Å². The standard InChI is InChI=1S/C11H12F3N3S/c1-7(2)10-15-3-4-17(10)6-8-5-9(18-16-8)11(12,13)14/h3-5,7H,6H2,1-2H3. The van der Waals surface area contributed by atoms with Crippen LogP contribution in [0.15, 0.2) is 18.5 Å². The van der Waals surface area contributed by atoms with Crippen molar-refractivity contribution in [3.8, 4) is 0 Å². The molecule has 0 aromatic carbocycles. The number of rotatable bonds is 3. The second kappa shape index (κ2) is 4.72. The van der Waals surface area contributed by atoms with Gasteiger partial charge in [-0.25, -0.2) is 4.98 Å². The molecule has 3 nitrogen and oxygen atoms in total. The summed E-state index contributed by atoms with van der Waals surface area (Å²) in [5.41, 5.74) is 0.409. The zero-order valence-corrected chi connectivity index (χ0v) is 10.7. The number of halogens is 3. The quantitative estimate of drug-likeness (QED) is 0.858. The van der Waals surface area contributed by atoms with Crippen molar-refractivity contribution in [1.29, 1.82) is 0 Å². The van der Waals surface area contributed by atoms with Crippen molar-refractivity contribution in [2.75, 3.05) is 0 Å². The maximum Gasteiger partial charge on any atom is 0.427 e. The predicted molar refractivity (Wildman–Crippen MR) is 62.5 cm³/mol. The predicted octanol–water partition coefficient (Wildman–Crippen LogP) is 3.53. The average molecular weight is 275 g/mol. The van der Waals surface area contributed by atoms with Crippen LogP contribution in [0.3, 0.4) is 0 Å². The van der Waals surface area contributed by atoms with Crippen molar-refractivity contribution in [3.05, 3.63) is 34.9 Å².